The van der Waals surface area contributed by atoms with E-state index >= 15 is 0 Å². The summed E-state index contributed by atoms with van der Waals surface area (Å²) in [4.78, 5) is 20.7. The van der Waals surface area contributed by atoms with Crippen molar-refractivity contribution >= 4 is 13.3 Å². The van der Waals surface area contributed by atoms with Crippen LogP contribution >= 0.6 is 7.37 Å². The molecule has 0 fully saturated rings. The van der Waals surface area contributed by atoms with E-state index in [-0.39, 0.29) is 12.6 Å². The molecule has 0 aliphatic rings. The maximum atomic E-state index is 11.8. The van der Waals surface area contributed by atoms with Crippen molar-refractivity contribution in [2.45, 2.75) is 77.6 Å². The molecule has 0 rings (SSSR count). The molecule has 0 aliphatic heterocycles. The molecule has 0 saturated carbocycles. The summed E-state index contributed by atoms with van der Waals surface area (Å²) >= 11 is 0. The first kappa shape index (κ1) is 20.7. The second kappa shape index (κ2) is 13.3. The zero-order valence-corrected chi connectivity index (χ0v) is 14.7. The van der Waals surface area contributed by atoms with Gasteiger partial charge in [-0.05, 0) is 6.42 Å². The molecular weight excluding hydrogens is 287 g/mol. The summed E-state index contributed by atoms with van der Waals surface area (Å²) in [6.07, 6.45) is 12.5. The Morgan fingerprint density at radius 1 is 0.905 bits per heavy atom. The molecule has 0 aliphatic carbocycles. The van der Waals surface area contributed by atoms with Crippen LogP contribution in [0.25, 0.3) is 0 Å². The predicted octanol–water partition coefficient (Wildman–Crippen LogP) is 4.74. The second-order valence-electron chi connectivity index (χ2n) is 5.80. The molecule has 126 valence electrons. The minimum absolute atomic E-state index is 0.0437. The molecule has 1 atom stereocenters. The van der Waals surface area contributed by atoms with Gasteiger partial charge in [-0.2, -0.15) is 0 Å². The molecule has 4 nitrogen and oxygen atoms in total. The minimum Gasteiger partial charge on any atom is -0.469 e. The maximum absolute atomic E-state index is 11.8. The minimum atomic E-state index is -3.13. The zero-order valence-electron chi connectivity index (χ0n) is 13.8. The fourth-order valence-corrected chi connectivity index (χ4v) is 3.80. The summed E-state index contributed by atoms with van der Waals surface area (Å²) in [6.45, 7) is 2.23. The van der Waals surface area contributed by atoms with Crippen LogP contribution in [-0.2, 0) is 14.1 Å². The Balaban J connectivity index is 3.40. The van der Waals surface area contributed by atoms with Crippen LogP contribution in [0.2, 0.25) is 0 Å². The van der Waals surface area contributed by atoms with Gasteiger partial charge in [0.2, 0.25) is 7.37 Å². The summed E-state index contributed by atoms with van der Waals surface area (Å²) in [5, 5.41) is 0. The number of esters is 1. The summed E-state index contributed by atoms with van der Waals surface area (Å²) in [7, 11) is -1.84. The number of ether oxygens (including phenoxy) is 1. The van der Waals surface area contributed by atoms with Gasteiger partial charge < -0.3 is 9.63 Å². The van der Waals surface area contributed by atoms with E-state index < -0.39 is 13.3 Å². The normalized spacial score (nSPS) is 13.9. The molecule has 0 amide bonds. The van der Waals surface area contributed by atoms with Crippen LogP contribution in [0.15, 0.2) is 0 Å². The average Bonchev–Trinajstić information content (AvgIpc) is 2.46. The molecule has 0 bridgehead atoms. The molecular formula is C16H33O4P. The Bertz CT molecular complexity index is 305. The van der Waals surface area contributed by atoms with Gasteiger partial charge in [0, 0.05) is 12.3 Å². The summed E-state index contributed by atoms with van der Waals surface area (Å²) in [6, 6.07) is 0. The molecule has 0 radical (unpaired) electrons. The Morgan fingerprint density at radius 3 is 1.86 bits per heavy atom. The quantitative estimate of drug-likeness (QED) is 0.285. The number of rotatable bonds is 14. The lowest BCUT2D eigenvalue weighted by molar-refractivity contribution is -0.140. The molecule has 1 N–H and O–H groups in total. The summed E-state index contributed by atoms with van der Waals surface area (Å²) in [5.74, 6) is -0.410. The van der Waals surface area contributed by atoms with Crippen molar-refractivity contribution in [1.82, 2.24) is 0 Å². The third-order valence-electron chi connectivity index (χ3n) is 3.75. The highest BCUT2D eigenvalue weighted by atomic mass is 31.2. The third-order valence-corrected chi connectivity index (χ3v) is 5.69. The highest BCUT2D eigenvalue weighted by Gasteiger charge is 2.19. The lowest BCUT2D eigenvalue weighted by atomic mass is 10.1. The van der Waals surface area contributed by atoms with Crippen LogP contribution in [0.3, 0.4) is 0 Å². The number of unbranched alkanes of at least 4 members (excludes halogenated alkanes) is 9. The summed E-state index contributed by atoms with van der Waals surface area (Å²) < 4.78 is 16.3. The lowest BCUT2D eigenvalue weighted by Crippen LogP contribution is -2.05. The first-order chi connectivity index (χ1) is 10.0. The number of carbonyl (C=O) groups is 1. The largest absolute Gasteiger partial charge is 0.469 e. The first-order valence-corrected chi connectivity index (χ1v) is 10.4. The van der Waals surface area contributed by atoms with E-state index in [1.54, 1.807) is 0 Å². The molecule has 0 aromatic heterocycles. The van der Waals surface area contributed by atoms with E-state index in [4.69, 9.17) is 0 Å². The highest BCUT2D eigenvalue weighted by Crippen LogP contribution is 2.42. The van der Waals surface area contributed by atoms with Gasteiger partial charge in [-0.15, -0.1) is 0 Å². The standard InChI is InChI=1S/C16H33O4P/c1-3-4-5-6-7-8-9-10-11-12-14-21(18,19)15-13-16(17)20-2/h3-15H2,1-2H3,(H,18,19). The van der Waals surface area contributed by atoms with Gasteiger partial charge in [0.15, 0.2) is 0 Å². The van der Waals surface area contributed by atoms with E-state index in [2.05, 4.69) is 11.7 Å². The van der Waals surface area contributed by atoms with Crippen LogP contribution in [0, 0.1) is 0 Å². The molecule has 0 aromatic carbocycles. The van der Waals surface area contributed by atoms with E-state index in [0.29, 0.717) is 6.16 Å². The lowest BCUT2D eigenvalue weighted by Gasteiger charge is -2.10. The molecule has 0 aromatic rings. The smallest absolute Gasteiger partial charge is 0.306 e. The Hall–Kier alpha value is -0.340. The molecule has 21 heavy (non-hydrogen) atoms. The van der Waals surface area contributed by atoms with Crippen molar-refractivity contribution in [2.24, 2.45) is 0 Å². The van der Waals surface area contributed by atoms with Crippen LogP contribution in [0.1, 0.15) is 77.6 Å². The van der Waals surface area contributed by atoms with Gasteiger partial charge in [0.1, 0.15) is 0 Å². The fourth-order valence-electron chi connectivity index (χ4n) is 2.33. The van der Waals surface area contributed by atoms with Crippen LogP contribution in [-0.4, -0.2) is 30.3 Å². The average molecular weight is 320 g/mol. The van der Waals surface area contributed by atoms with Crippen molar-refractivity contribution in [3.63, 3.8) is 0 Å². The SMILES string of the molecule is CCCCCCCCCCCCP(=O)(O)CCC(=O)OC. The number of carbonyl (C=O) groups excluding carboxylic acids is 1. The fraction of sp³-hybridized carbons (Fsp3) is 0.938. The zero-order chi connectivity index (χ0) is 16.0. The Kier molecular flexibility index (Phi) is 13.1. The summed E-state index contributed by atoms with van der Waals surface area (Å²) in [5.41, 5.74) is 0. The van der Waals surface area contributed by atoms with Gasteiger partial charge in [-0.1, -0.05) is 64.7 Å². The molecule has 0 heterocycles. The van der Waals surface area contributed by atoms with E-state index in [1.807, 2.05) is 0 Å². The van der Waals surface area contributed by atoms with Crippen LogP contribution < -0.4 is 0 Å². The number of hydrogen-bond donors (Lipinski definition) is 1. The van der Waals surface area contributed by atoms with Crippen molar-refractivity contribution in [3.05, 3.63) is 0 Å². The van der Waals surface area contributed by atoms with Gasteiger partial charge >= 0.3 is 5.97 Å². The van der Waals surface area contributed by atoms with Crippen molar-refractivity contribution in [3.8, 4) is 0 Å². The first-order valence-electron chi connectivity index (χ1n) is 8.39. The van der Waals surface area contributed by atoms with Crippen molar-refractivity contribution < 1.29 is 19.0 Å². The number of methoxy groups -OCH3 is 1. The van der Waals surface area contributed by atoms with Gasteiger partial charge in [0.05, 0.1) is 13.5 Å². The topological polar surface area (TPSA) is 63.6 Å². The van der Waals surface area contributed by atoms with Crippen molar-refractivity contribution in [2.75, 3.05) is 19.4 Å². The van der Waals surface area contributed by atoms with Gasteiger partial charge in [-0.3, -0.25) is 9.36 Å². The predicted molar refractivity (Wildman–Crippen MR) is 88.0 cm³/mol. The Labute approximate surface area is 130 Å². The van der Waals surface area contributed by atoms with Gasteiger partial charge in [-0.25, -0.2) is 0 Å². The monoisotopic (exact) mass is 320 g/mol. The highest BCUT2D eigenvalue weighted by molar-refractivity contribution is 7.58. The van der Waals surface area contributed by atoms with Crippen molar-refractivity contribution in [1.29, 1.82) is 0 Å². The number of hydrogen-bond acceptors (Lipinski definition) is 3. The molecule has 5 heteroatoms. The third kappa shape index (κ3) is 14.4. The second-order valence-corrected chi connectivity index (χ2v) is 8.39. The molecule has 0 spiro atoms. The Morgan fingerprint density at radius 2 is 1.38 bits per heavy atom. The van der Waals surface area contributed by atoms with Crippen LogP contribution in [0.4, 0.5) is 0 Å². The molecule has 1 unspecified atom stereocenters. The van der Waals surface area contributed by atoms with E-state index in [1.165, 1.54) is 52.1 Å². The van der Waals surface area contributed by atoms with Crippen LogP contribution in [0.5, 0.6) is 0 Å². The molecule has 0 saturated heterocycles. The van der Waals surface area contributed by atoms with Gasteiger partial charge in [0.25, 0.3) is 0 Å². The van der Waals surface area contributed by atoms with E-state index in [9.17, 15) is 14.3 Å². The maximum Gasteiger partial charge on any atom is 0.306 e. The van der Waals surface area contributed by atoms with E-state index in [0.717, 1.165) is 19.3 Å².